The maximum atomic E-state index is 13.2. The molecule has 0 saturated heterocycles. The number of anilines is 1. The number of urea groups is 1. The molecule has 2 aromatic carbocycles. The topological polar surface area (TPSA) is 130 Å². The van der Waals surface area contributed by atoms with E-state index in [-0.39, 0.29) is 18.0 Å². The number of benzene rings is 2. The molecule has 0 saturated carbocycles. The summed E-state index contributed by atoms with van der Waals surface area (Å²) in [6.07, 6.45) is 1.08. The van der Waals surface area contributed by atoms with Crippen LogP contribution in [0.4, 0.5) is 10.5 Å². The van der Waals surface area contributed by atoms with Gasteiger partial charge in [0.05, 0.1) is 25.6 Å². The molecular weight excluding hydrogens is 486 g/mol. The summed E-state index contributed by atoms with van der Waals surface area (Å²) in [5.74, 6) is -0.977. The second-order valence-corrected chi connectivity index (χ2v) is 8.67. The van der Waals surface area contributed by atoms with Crippen molar-refractivity contribution in [2.45, 2.75) is 39.8 Å². The summed E-state index contributed by atoms with van der Waals surface area (Å²) in [5, 5.41) is 25.4. The standard InChI is InChI=1S/C26H28ClN3O6/c1-4-36-18-9-6-8-17(11-18)21(12-22(31)32)28-26(35)29-23-24(33)16(3)13-30(25(23)34)14-19-15(2)7-5-10-20(19)27/h5-11,13,21,33H,4,12,14H2,1-3H3,(H,31,32)(H2,28,29,35)/t21-/m0/s1. The summed E-state index contributed by atoms with van der Waals surface area (Å²) >= 11 is 6.31. The molecular formula is C26H28ClN3O6. The van der Waals surface area contributed by atoms with Crippen LogP contribution in [0.15, 0.2) is 53.5 Å². The number of carbonyl (C=O) groups excluding carboxylic acids is 1. The van der Waals surface area contributed by atoms with E-state index < -0.39 is 30.0 Å². The number of hydrogen-bond acceptors (Lipinski definition) is 5. The lowest BCUT2D eigenvalue weighted by molar-refractivity contribution is -0.137. The summed E-state index contributed by atoms with van der Waals surface area (Å²) in [6, 6.07) is 10.4. The largest absolute Gasteiger partial charge is 0.505 e. The van der Waals surface area contributed by atoms with Gasteiger partial charge in [0.1, 0.15) is 11.5 Å². The van der Waals surface area contributed by atoms with Crippen molar-refractivity contribution < 1.29 is 24.5 Å². The van der Waals surface area contributed by atoms with Gasteiger partial charge in [-0.2, -0.15) is 0 Å². The second-order valence-electron chi connectivity index (χ2n) is 8.26. The highest BCUT2D eigenvalue weighted by atomic mass is 35.5. The monoisotopic (exact) mass is 513 g/mol. The lowest BCUT2D eigenvalue weighted by Crippen LogP contribution is -2.36. The fourth-order valence-electron chi connectivity index (χ4n) is 3.79. The molecule has 0 aliphatic heterocycles. The molecule has 0 aliphatic rings. The van der Waals surface area contributed by atoms with E-state index in [4.69, 9.17) is 16.3 Å². The van der Waals surface area contributed by atoms with Crippen LogP contribution in [0.1, 0.15) is 41.6 Å². The number of hydrogen-bond donors (Lipinski definition) is 4. The van der Waals surface area contributed by atoms with Crippen molar-refractivity contribution in [1.29, 1.82) is 0 Å². The van der Waals surface area contributed by atoms with Crippen molar-refractivity contribution in [3.05, 3.63) is 86.3 Å². The van der Waals surface area contributed by atoms with Gasteiger partial charge in [-0.15, -0.1) is 0 Å². The first-order chi connectivity index (χ1) is 17.1. The molecule has 2 amide bonds. The molecule has 36 heavy (non-hydrogen) atoms. The average molecular weight is 514 g/mol. The number of amides is 2. The molecule has 10 heteroatoms. The van der Waals surface area contributed by atoms with Crippen LogP contribution in [0.25, 0.3) is 0 Å². The van der Waals surface area contributed by atoms with Crippen molar-refractivity contribution in [2.24, 2.45) is 0 Å². The first-order valence-corrected chi connectivity index (χ1v) is 11.7. The van der Waals surface area contributed by atoms with Gasteiger partial charge < -0.3 is 30.2 Å². The highest BCUT2D eigenvalue weighted by molar-refractivity contribution is 6.31. The van der Waals surface area contributed by atoms with Gasteiger partial charge in [0, 0.05) is 16.8 Å². The molecule has 1 atom stereocenters. The quantitative estimate of drug-likeness (QED) is 0.330. The normalized spacial score (nSPS) is 11.6. The minimum Gasteiger partial charge on any atom is -0.505 e. The number of pyridine rings is 1. The second kappa shape index (κ2) is 11.6. The zero-order chi connectivity index (χ0) is 26.4. The Morgan fingerprint density at radius 3 is 2.53 bits per heavy atom. The van der Waals surface area contributed by atoms with Crippen molar-refractivity contribution in [2.75, 3.05) is 11.9 Å². The fraction of sp³-hybridized carbons (Fsp3) is 0.269. The molecule has 1 aromatic heterocycles. The Balaban J connectivity index is 1.89. The number of carbonyl (C=O) groups is 2. The summed E-state index contributed by atoms with van der Waals surface area (Å²) in [6.45, 7) is 5.85. The Morgan fingerprint density at radius 2 is 1.86 bits per heavy atom. The number of nitrogens with zero attached hydrogens (tertiary/aromatic N) is 1. The number of aryl methyl sites for hydroxylation is 2. The Bertz CT molecular complexity index is 1320. The molecule has 0 bridgehead atoms. The number of nitrogens with one attached hydrogen (secondary N) is 2. The highest BCUT2D eigenvalue weighted by Crippen LogP contribution is 2.26. The van der Waals surface area contributed by atoms with E-state index in [1.165, 1.54) is 10.8 Å². The third-order valence-electron chi connectivity index (χ3n) is 5.61. The number of aromatic hydroxyl groups is 1. The van der Waals surface area contributed by atoms with Crippen molar-refractivity contribution in [3.8, 4) is 11.5 Å². The van der Waals surface area contributed by atoms with Crippen LogP contribution in [-0.2, 0) is 11.3 Å². The summed E-state index contributed by atoms with van der Waals surface area (Å²) in [4.78, 5) is 37.5. The molecule has 0 aliphatic carbocycles. The minimum absolute atomic E-state index is 0.133. The Labute approximate surface area is 213 Å². The van der Waals surface area contributed by atoms with E-state index in [9.17, 15) is 24.6 Å². The summed E-state index contributed by atoms with van der Waals surface area (Å²) in [7, 11) is 0. The molecule has 0 fully saturated rings. The number of aliphatic carboxylic acids is 1. The van der Waals surface area contributed by atoms with Gasteiger partial charge in [0.2, 0.25) is 0 Å². The van der Waals surface area contributed by atoms with Gasteiger partial charge in [0.15, 0.2) is 5.69 Å². The SMILES string of the molecule is CCOc1cccc([C@H](CC(=O)O)NC(=O)Nc2c(O)c(C)cn(Cc3c(C)cccc3Cl)c2=O)c1. The Morgan fingerprint density at radius 1 is 1.14 bits per heavy atom. The van der Waals surface area contributed by atoms with Gasteiger partial charge in [0.25, 0.3) is 5.56 Å². The molecule has 3 rings (SSSR count). The number of carboxylic acid groups (broad SMARTS) is 1. The number of ether oxygens (including phenoxy) is 1. The number of aromatic nitrogens is 1. The van der Waals surface area contributed by atoms with E-state index >= 15 is 0 Å². The highest BCUT2D eigenvalue weighted by Gasteiger charge is 2.22. The van der Waals surface area contributed by atoms with Crippen molar-refractivity contribution in [1.82, 2.24) is 9.88 Å². The Hall–Kier alpha value is -3.98. The Kier molecular flexibility index (Phi) is 8.60. The number of rotatable bonds is 9. The molecule has 4 N–H and O–H groups in total. The van der Waals surface area contributed by atoms with Gasteiger partial charge in [-0.25, -0.2) is 4.79 Å². The van der Waals surface area contributed by atoms with E-state index in [1.54, 1.807) is 43.3 Å². The zero-order valence-corrected chi connectivity index (χ0v) is 20.9. The lowest BCUT2D eigenvalue weighted by atomic mass is 10.0. The van der Waals surface area contributed by atoms with Gasteiger partial charge in [-0.3, -0.25) is 9.59 Å². The number of carboxylic acids is 1. The van der Waals surface area contributed by atoms with Crippen LogP contribution < -0.4 is 20.9 Å². The summed E-state index contributed by atoms with van der Waals surface area (Å²) in [5.41, 5.74) is 1.53. The predicted octanol–water partition coefficient (Wildman–Crippen LogP) is 4.61. The molecule has 3 aromatic rings. The van der Waals surface area contributed by atoms with Crippen LogP contribution in [-0.4, -0.2) is 33.4 Å². The van der Waals surface area contributed by atoms with Crippen LogP contribution >= 0.6 is 11.6 Å². The molecule has 0 radical (unpaired) electrons. The smallest absolute Gasteiger partial charge is 0.319 e. The zero-order valence-electron chi connectivity index (χ0n) is 20.2. The van der Waals surface area contributed by atoms with Crippen LogP contribution in [0.2, 0.25) is 5.02 Å². The van der Waals surface area contributed by atoms with Crippen LogP contribution in [0.5, 0.6) is 11.5 Å². The van der Waals surface area contributed by atoms with Gasteiger partial charge in [-0.05, 0) is 55.7 Å². The molecule has 1 heterocycles. The van der Waals surface area contributed by atoms with Crippen LogP contribution in [0.3, 0.4) is 0 Å². The first-order valence-electron chi connectivity index (χ1n) is 11.3. The molecule has 0 spiro atoms. The average Bonchev–Trinajstić information content (AvgIpc) is 2.82. The fourth-order valence-corrected chi connectivity index (χ4v) is 4.07. The number of halogens is 1. The third kappa shape index (κ3) is 6.37. The maximum absolute atomic E-state index is 13.2. The minimum atomic E-state index is -1.13. The molecule has 190 valence electrons. The van der Waals surface area contributed by atoms with Gasteiger partial charge >= 0.3 is 12.0 Å². The maximum Gasteiger partial charge on any atom is 0.319 e. The first kappa shape index (κ1) is 26.6. The van der Waals surface area contributed by atoms with E-state index in [1.807, 2.05) is 19.9 Å². The van der Waals surface area contributed by atoms with E-state index in [2.05, 4.69) is 10.6 Å². The lowest BCUT2D eigenvalue weighted by Gasteiger charge is -2.20. The molecule has 9 nitrogen and oxygen atoms in total. The third-order valence-corrected chi connectivity index (χ3v) is 5.96. The van der Waals surface area contributed by atoms with Gasteiger partial charge in [-0.1, -0.05) is 35.9 Å². The predicted molar refractivity (Wildman–Crippen MR) is 137 cm³/mol. The van der Waals surface area contributed by atoms with Crippen LogP contribution in [0, 0.1) is 13.8 Å². The van der Waals surface area contributed by atoms with Crippen molar-refractivity contribution >= 4 is 29.3 Å². The molecule has 0 unspecified atom stereocenters. The van der Waals surface area contributed by atoms with E-state index in [0.717, 1.165) is 11.1 Å². The van der Waals surface area contributed by atoms with Crippen molar-refractivity contribution in [3.63, 3.8) is 0 Å². The summed E-state index contributed by atoms with van der Waals surface area (Å²) < 4.78 is 6.81. The van der Waals surface area contributed by atoms with E-state index in [0.29, 0.717) is 28.5 Å².